The van der Waals surface area contributed by atoms with Crippen molar-refractivity contribution in [1.82, 2.24) is 10.1 Å². The summed E-state index contributed by atoms with van der Waals surface area (Å²) < 4.78 is 5.38. The van der Waals surface area contributed by atoms with Crippen LogP contribution in [0.5, 0.6) is 0 Å². The molecule has 0 bridgehead atoms. The van der Waals surface area contributed by atoms with Crippen molar-refractivity contribution in [2.75, 3.05) is 13.1 Å². The SMILES string of the molecule is Cc1cccc(-c2noc(C)c2C(=O)N2CCC(O)(c3cccc(C)c3)CC2)c1. The van der Waals surface area contributed by atoms with Gasteiger partial charge in [-0.1, -0.05) is 58.7 Å². The molecular weight excluding hydrogens is 364 g/mol. The molecule has 5 nitrogen and oxygen atoms in total. The molecule has 1 saturated heterocycles. The van der Waals surface area contributed by atoms with Crippen molar-refractivity contribution in [2.24, 2.45) is 0 Å². The third-order valence-corrected chi connectivity index (χ3v) is 5.80. The fourth-order valence-electron chi connectivity index (χ4n) is 4.07. The van der Waals surface area contributed by atoms with E-state index in [0.29, 0.717) is 42.9 Å². The average molecular weight is 390 g/mol. The van der Waals surface area contributed by atoms with Crippen molar-refractivity contribution >= 4 is 5.91 Å². The lowest BCUT2D eigenvalue weighted by atomic mass is 9.83. The zero-order valence-corrected chi connectivity index (χ0v) is 17.1. The molecule has 4 rings (SSSR count). The molecule has 5 heteroatoms. The second kappa shape index (κ2) is 7.48. The maximum absolute atomic E-state index is 13.3. The number of carbonyl (C=O) groups excluding carboxylic acids is 1. The van der Waals surface area contributed by atoms with Crippen LogP contribution in [0.2, 0.25) is 0 Å². The van der Waals surface area contributed by atoms with E-state index in [2.05, 4.69) is 5.16 Å². The Morgan fingerprint density at radius 1 is 1.03 bits per heavy atom. The summed E-state index contributed by atoms with van der Waals surface area (Å²) in [4.78, 5) is 15.1. The van der Waals surface area contributed by atoms with Crippen LogP contribution in [0.3, 0.4) is 0 Å². The van der Waals surface area contributed by atoms with Crippen LogP contribution in [-0.2, 0) is 5.60 Å². The molecule has 0 radical (unpaired) electrons. The Kier molecular flexibility index (Phi) is 5.01. The summed E-state index contributed by atoms with van der Waals surface area (Å²) in [6.45, 7) is 6.77. The normalized spacial score (nSPS) is 16.1. The van der Waals surface area contributed by atoms with Gasteiger partial charge in [0.05, 0.1) is 5.60 Å². The fraction of sp³-hybridized carbons (Fsp3) is 0.333. The summed E-state index contributed by atoms with van der Waals surface area (Å²) in [5, 5.41) is 15.3. The van der Waals surface area contributed by atoms with Gasteiger partial charge < -0.3 is 14.5 Å². The van der Waals surface area contributed by atoms with Crippen LogP contribution < -0.4 is 0 Å². The Morgan fingerprint density at radius 2 is 1.69 bits per heavy atom. The van der Waals surface area contributed by atoms with Crippen molar-refractivity contribution in [1.29, 1.82) is 0 Å². The minimum atomic E-state index is -0.897. The topological polar surface area (TPSA) is 66.6 Å². The van der Waals surface area contributed by atoms with E-state index >= 15 is 0 Å². The molecule has 0 unspecified atom stereocenters. The van der Waals surface area contributed by atoms with Gasteiger partial charge in [-0.3, -0.25) is 4.79 Å². The molecule has 29 heavy (non-hydrogen) atoms. The lowest BCUT2D eigenvalue weighted by molar-refractivity contribution is -0.0211. The Hall–Kier alpha value is -2.92. The molecule has 1 amide bonds. The Morgan fingerprint density at radius 3 is 2.34 bits per heavy atom. The second-order valence-corrected chi connectivity index (χ2v) is 8.03. The number of aliphatic hydroxyl groups is 1. The molecule has 1 aromatic heterocycles. The van der Waals surface area contributed by atoms with Gasteiger partial charge in [0.1, 0.15) is 17.0 Å². The van der Waals surface area contributed by atoms with Gasteiger partial charge >= 0.3 is 0 Å². The van der Waals surface area contributed by atoms with Crippen molar-refractivity contribution in [3.63, 3.8) is 0 Å². The number of amides is 1. The van der Waals surface area contributed by atoms with Gasteiger partial charge in [0.2, 0.25) is 0 Å². The van der Waals surface area contributed by atoms with Crippen LogP contribution in [0.4, 0.5) is 0 Å². The zero-order valence-electron chi connectivity index (χ0n) is 17.1. The molecular formula is C24H26N2O3. The minimum Gasteiger partial charge on any atom is -0.385 e. The number of benzene rings is 2. The first-order chi connectivity index (χ1) is 13.9. The number of hydrogen-bond donors (Lipinski definition) is 1. The van der Waals surface area contributed by atoms with Gasteiger partial charge in [-0.25, -0.2) is 0 Å². The lowest BCUT2D eigenvalue weighted by Crippen LogP contribution is -2.45. The first-order valence-corrected chi connectivity index (χ1v) is 9.99. The number of piperidine rings is 1. The highest BCUT2D eigenvalue weighted by Gasteiger charge is 2.37. The standard InChI is InChI=1S/C24H26N2O3/c1-16-6-4-8-19(14-16)22-21(18(3)29-25-22)23(27)26-12-10-24(28,11-13-26)20-9-5-7-17(2)15-20/h4-9,14-15,28H,10-13H2,1-3H3. The smallest absolute Gasteiger partial charge is 0.259 e. The molecule has 1 aliphatic rings. The highest BCUT2D eigenvalue weighted by molar-refractivity contribution is 6.00. The summed E-state index contributed by atoms with van der Waals surface area (Å²) in [5.74, 6) is 0.428. The first-order valence-electron chi connectivity index (χ1n) is 9.99. The minimum absolute atomic E-state index is 0.0912. The number of hydrogen-bond acceptors (Lipinski definition) is 4. The predicted molar refractivity (Wildman–Crippen MR) is 112 cm³/mol. The van der Waals surface area contributed by atoms with Crippen LogP contribution in [0, 0.1) is 20.8 Å². The molecule has 0 spiro atoms. The summed E-state index contributed by atoms with van der Waals surface area (Å²) in [7, 11) is 0. The monoisotopic (exact) mass is 390 g/mol. The summed E-state index contributed by atoms with van der Waals surface area (Å²) in [5.41, 5.74) is 4.21. The Labute approximate surface area is 171 Å². The van der Waals surface area contributed by atoms with Crippen LogP contribution >= 0.6 is 0 Å². The van der Waals surface area contributed by atoms with Gasteiger partial charge in [0.25, 0.3) is 5.91 Å². The van der Waals surface area contributed by atoms with Gasteiger partial charge in [0.15, 0.2) is 0 Å². The summed E-state index contributed by atoms with van der Waals surface area (Å²) in [6.07, 6.45) is 1.01. The largest absolute Gasteiger partial charge is 0.385 e. The van der Waals surface area contributed by atoms with Gasteiger partial charge in [-0.2, -0.15) is 0 Å². The van der Waals surface area contributed by atoms with Crippen molar-refractivity contribution in [2.45, 2.75) is 39.2 Å². The summed E-state index contributed by atoms with van der Waals surface area (Å²) >= 11 is 0. The molecule has 2 aromatic carbocycles. The van der Waals surface area contributed by atoms with Crippen molar-refractivity contribution in [3.05, 3.63) is 76.5 Å². The molecule has 0 saturated carbocycles. The highest BCUT2D eigenvalue weighted by atomic mass is 16.5. The molecule has 1 aliphatic heterocycles. The van der Waals surface area contributed by atoms with Crippen LogP contribution in [0.1, 0.15) is 45.7 Å². The maximum Gasteiger partial charge on any atom is 0.259 e. The number of aromatic nitrogens is 1. The van der Waals surface area contributed by atoms with E-state index in [9.17, 15) is 9.90 Å². The third kappa shape index (κ3) is 3.70. The van der Waals surface area contributed by atoms with Gasteiger partial charge in [-0.05, 0) is 45.2 Å². The van der Waals surface area contributed by atoms with Gasteiger partial charge in [0, 0.05) is 18.7 Å². The average Bonchev–Trinajstić information content (AvgIpc) is 3.09. The molecule has 3 aromatic rings. The van der Waals surface area contributed by atoms with Gasteiger partial charge in [-0.15, -0.1) is 0 Å². The number of nitrogens with zero attached hydrogens (tertiary/aromatic N) is 2. The van der Waals surface area contributed by atoms with Crippen molar-refractivity contribution in [3.8, 4) is 11.3 Å². The third-order valence-electron chi connectivity index (χ3n) is 5.80. The number of aryl methyl sites for hydroxylation is 3. The molecule has 0 atom stereocenters. The first kappa shape index (κ1) is 19.4. The predicted octanol–water partition coefficient (Wildman–Crippen LogP) is 4.39. The van der Waals surface area contributed by atoms with E-state index in [4.69, 9.17) is 4.52 Å². The zero-order chi connectivity index (χ0) is 20.6. The van der Waals surface area contributed by atoms with Crippen LogP contribution in [0.25, 0.3) is 11.3 Å². The van der Waals surface area contributed by atoms with E-state index in [-0.39, 0.29) is 5.91 Å². The lowest BCUT2D eigenvalue weighted by Gasteiger charge is -2.38. The van der Waals surface area contributed by atoms with E-state index in [1.165, 1.54) is 0 Å². The second-order valence-electron chi connectivity index (χ2n) is 8.03. The molecule has 1 fully saturated rings. The van der Waals surface area contributed by atoms with Crippen LogP contribution in [0.15, 0.2) is 53.1 Å². The van der Waals surface area contributed by atoms with E-state index in [1.54, 1.807) is 11.8 Å². The number of rotatable bonds is 3. The Bertz CT molecular complexity index is 1050. The highest BCUT2D eigenvalue weighted by Crippen LogP contribution is 2.35. The van der Waals surface area contributed by atoms with E-state index in [0.717, 1.165) is 22.3 Å². The van der Waals surface area contributed by atoms with Crippen LogP contribution in [-0.4, -0.2) is 34.2 Å². The molecule has 1 N–H and O–H groups in total. The molecule has 2 heterocycles. The van der Waals surface area contributed by atoms with Crippen molar-refractivity contribution < 1.29 is 14.4 Å². The number of carbonyl (C=O) groups is 1. The number of likely N-dealkylation sites (tertiary alicyclic amines) is 1. The summed E-state index contributed by atoms with van der Waals surface area (Å²) in [6, 6.07) is 15.9. The molecule has 150 valence electrons. The maximum atomic E-state index is 13.3. The Balaban J connectivity index is 1.56. The van der Waals surface area contributed by atoms with E-state index in [1.807, 2.05) is 62.4 Å². The quantitative estimate of drug-likeness (QED) is 0.720. The van der Waals surface area contributed by atoms with E-state index < -0.39 is 5.60 Å². The molecule has 0 aliphatic carbocycles. The fourth-order valence-corrected chi connectivity index (χ4v) is 4.07.